The van der Waals surface area contributed by atoms with Gasteiger partial charge >= 0.3 is 0 Å². The van der Waals surface area contributed by atoms with E-state index in [9.17, 15) is 0 Å². The van der Waals surface area contributed by atoms with Gasteiger partial charge in [-0.3, -0.25) is 0 Å². The Morgan fingerprint density at radius 3 is 2.24 bits per heavy atom. The van der Waals surface area contributed by atoms with E-state index in [0.29, 0.717) is 18.2 Å². The Bertz CT molecular complexity index is 754. The molecule has 106 valence electrons. The second-order valence-corrected chi connectivity index (χ2v) is 4.64. The SMILES string of the molecule is CCOc1ccc(Oc2nnc(C)c3ccccc23)cc1. The van der Waals surface area contributed by atoms with Crippen LogP contribution < -0.4 is 9.47 Å². The molecule has 1 aromatic heterocycles. The van der Waals surface area contributed by atoms with Gasteiger partial charge in [-0.2, -0.15) is 5.10 Å². The van der Waals surface area contributed by atoms with Crippen molar-refractivity contribution in [1.29, 1.82) is 0 Å². The van der Waals surface area contributed by atoms with E-state index >= 15 is 0 Å². The van der Waals surface area contributed by atoms with Crippen molar-refractivity contribution in [1.82, 2.24) is 10.2 Å². The van der Waals surface area contributed by atoms with Gasteiger partial charge in [-0.05, 0) is 44.2 Å². The monoisotopic (exact) mass is 280 g/mol. The third-order valence-corrected chi connectivity index (χ3v) is 3.19. The smallest absolute Gasteiger partial charge is 0.246 e. The maximum atomic E-state index is 5.85. The number of fused-ring (bicyclic) bond motifs is 1. The minimum absolute atomic E-state index is 0.514. The normalized spacial score (nSPS) is 10.6. The molecule has 4 nitrogen and oxygen atoms in total. The lowest BCUT2D eigenvalue weighted by molar-refractivity contribution is 0.339. The highest BCUT2D eigenvalue weighted by molar-refractivity contribution is 5.88. The van der Waals surface area contributed by atoms with Crippen LogP contribution in [0.3, 0.4) is 0 Å². The molecule has 0 saturated carbocycles. The first-order chi connectivity index (χ1) is 10.3. The summed E-state index contributed by atoms with van der Waals surface area (Å²) in [6.07, 6.45) is 0. The molecule has 0 N–H and O–H groups in total. The van der Waals surface area contributed by atoms with Gasteiger partial charge < -0.3 is 9.47 Å². The fraction of sp³-hybridized carbons (Fsp3) is 0.176. The van der Waals surface area contributed by atoms with Crippen LogP contribution in [0.4, 0.5) is 0 Å². The van der Waals surface area contributed by atoms with E-state index < -0.39 is 0 Å². The van der Waals surface area contributed by atoms with Crippen molar-refractivity contribution in [3.63, 3.8) is 0 Å². The third kappa shape index (κ3) is 2.79. The average molecular weight is 280 g/mol. The van der Waals surface area contributed by atoms with Crippen LogP contribution in [0.5, 0.6) is 17.4 Å². The number of rotatable bonds is 4. The standard InChI is InChI=1S/C17H16N2O2/c1-3-20-13-8-10-14(11-9-13)21-17-16-7-5-4-6-15(16)12(2)18-19-17/h4-11H,3H2,1-2H3. The number of hydrogen-bond donors (Lipinski definition) is 0. The number of hydrogen-bond acceptors (Lipinski definition) is 4. The molecule has 0 spiro atoms. The van der Waals surface area contributed by atoms with Gasteiger partial charge in [-0.25, -0.2) is 0 Å². The van der Waals surface area contributed by atoms with Crippen LogP contribution in [-0.4, -0.2) is 16.8 Å². The van der Waals surface area contributed by atoms with Crippen molar-refractivity contribution < 1.29 is 9.47 Å². The number of aromatic nitrogens is 2. The Morgan fingerprint density at radius 1 is 0.857 bits per heavy atom. The zero-order valence-corrected chi connectivity index (χ0v) is 12.0. The molecule has 3 aromatic rings. The van der Waals surface area contributed by atoms with Crippen molar-refractivity contribution >= 4 is 10.8 Å². The van der Waals surface area contributed by atoms with E-state index in [-0.39, 0.29) is 0 Å². The average Bonchev–Trinajstić information content (AvgIpc) is 2.52. The molecule has 0 aliphatic heterocycles. The summed E-state index contributed by atoms with van der Waals surface area (Å²) in [5, 5.41) is 10.3. The number of aryl methyl sites for hydroxylation is 1. The van der Waals surface area contributed by atoms with Gasteiger partial charge in [0.2, 0.25) is 5.88 Å². The van der Waals surface area contributed by atoms with Crippen LogP contribution in [0, 0.1) is 6.92 Å². The van der Waals surface area contributed by atoms with Crippen molar-refractivity contribution in [3.8, 4) is 17.4 Å². The molecule has 1 heterocycles. The molecule has 2 aromatic carbocycles. The summed E-state index contributed by atoms with van der Waals surface area (Å²) in [4.78, 5) is 0. The summed E-state index contributed by atoms with van der Waals surface area (Å²) in [6, 6.07) is 15.4. The summed E-state index contributed by atoms with van der Waals surface area (Å²) in [7, 11) is 0. The molecule has 0 aliphatic rings. The predicted octanol–water partition coefficient (Wildman–Crippen LogP) is 4.13. The highest BCUT2D eigenvalue weighted by atomic mass is 16.5. The summed E-state index contributed by atoms with van der Waals surface area (Å²) in [5.41, 5.74) is 0.893. The zero-order valence-electron chi connectivity index (χ0n) is 12.0. The minimum atomic E-state index is 0.514. The Morgan fingerprint density at radius 2 is 1.52 bits per heavy atom. The maximum Gasteiger partial charge on any atom is 0.246 e. The minimum Gasteiger partial charge on any atom is -0.494 e. The lowest BCUT2D eigenvalue weighted by atomic mass is 10.1. The molecule has 0 radical (unpaired) electrons. The topological polar surface area (TPSA) is 44.2 Å². The number of benzene rings is 2. The van der Waals surface area contributed by atoms with Crippen molar-refractivity contribution in [2.24, 2.45) is 0 Å². The quantitative estimate of drug-likeness (QED) is 0.720. The van der Waals surface area contributed by atoms with Gasteiger partial charge in [0.1, 0.15) is 11.5 Å². The Labute approximate surface area is 123 Å². The molecular weight excluding hydrogens is 264 g/mol. The van der Waals surface area contributed by atoms with Gasteiger partial charge in [0.05, 0.1) is 12.3 Å². The predicted molar refractivity (Wildman–Crippen MR) is 82.0 cm³/mol. The molecule has 0 atom stereocenters. The molecule has 0 fully saturated rings. The second-order valence-electron chi connectivity index (χ2n) is 4.64. The fourth-order valence-corrected chi connectivity index (χ4v) is 2.17. The molecular formula is C17H16N2O2. The molecule has 0 amide bonds. The first-order valence-corrected chi connectivity index (χ1v) is 6.90. The van der Waals surface area contributed by atoms with Crippen LogP contribution in [0.25, 0.3) is 10.8 Å². The Hall–Kier alpha value is -2.62. The fourth-order valence-electron chi connectivity index (χ4n) is 2.17. The van der Waals surface area contributed by atoms with E-state index in [0.717, 1.165) is 22.2 Å². The van der Waals surface area contributed by atoms with Crippen molar-refractivity contribution in [2.45, 2.75) is 13.8 Å². The van der Waals surface area contributed by atoms with Gasteiger partial charge in [0.15, 0.2) is 0 Å². The maximum absolute atomic E-state index is 5.85. The summed E-state index contributed by atoms with van der Waals surface area (Å²) >= 11 is 0. The highest BCUT2D eigenvalue weighted by Crippen LogP contribution is 2.29. The lowest BCUT2D eigenvalue weighted by Crippen LogP contribution is -1.95. The summed E-state index contributed by atoms with van der Waals surface area (Å²) in [6.45, 7) is 4.54. The summed E-state index contributed by atoms with van der Waals surface area (Å²) < 4.78 is 11.3. The first kappa shape index (κ1) is 13.4. The van der Waals surface area contributed by atoms with Crippen LogP contribution in [0.2, 0.25) is 0 Å². The number of ether oxygens (including phenoxy) is 2. The zero-order chi connectivity index (χ0) is 14.7. The van der Waals surface area contributed by atoms with E-state index in [1.54, 1.807) is 0 Å². The Kier molecular flexibility index (Phi) is 3.69. The van der Waals surface area contributed by atoms with E-state index in [1.165, 1.54) is 0 Å². The molecule has 0 saturated heterocycles. The first-order valence-electron chi connectivity index (χ1n) is 6.90. The molecule has 0 aliphatic carbocycles. The second kappa shape index (κ2) is 5.79. The largest absolute Gasteiger partial charge is 0.494 e. The van der Waals surface area contributed by atoms with E-state index in [2.05, 4.69) is 10.2 Å². The van der Waals surface area contributed by atoms with Crippen LogP contribution in [-0.2, 0) is 0 Å². The lowest BCUT2D eigenvalue weighted by Gasteiger charge is -2.09. The molecule has 0 bridgehead atoms. The summed E-state index contributed by atoms with van der Waals surface area (Å²) in [5.74, 6) is 2.05. The highest BCUT2D eigenvalue weighted by Gasteiger charge is 2.08. The van der Waals surface area contributed by atoms with Crippen LogP contribution in [0.1, 0.15) is 12.6 Å². The van der Waals surface area contributed by atoms with Gasteiger partial charge in [-0.15, -0.1) is 5.10 Å². The molecule has 3 rings (SSSR count). The molecule has 4 heteroatoms. The van der Waals surface area contributed by atoms with Gasteiger partial charge in [-0.1, -0.05) is 18.2 Å². The van der Waals surface area contributed by atoms with Crippen LogP contribution in [0.15, 0.2) is 48.5 Å². The molecule has 0 unspecified atom stereocenters. The van der Waals surface area contributed by atoms with Crippen molar-refractivity contribution in [2.75, 3.05) is 6.61 Å². The van der Waals surface area contributed by atoms with Gasteiger partial charge in [0, 0.05) is 10.8 Å². The Balaban J connectivity index is 1.93. The van der Waals surface area contributed by atoms with E-state index in [4.69, 9.17) is 9.47 Å². The van der Waals surface area contributed by atoms with Gasteiger partial charge in [0.25, 0.3) is 0 Å². The van der Waals surface area contributed by atoms with E-state index in [1.807, 2.05) is 62.4 Å². The number of nitrogens with zero attached hydrogens (tertiary/aromatic N) is 2. The van der Waals surface area contributed by atoms with Crippen molar-refractivity contribution in [3.05, 3.63) is 54.2 Å². The third-order valence-electron chi connectivity index (χ3n) is 3.19. The van der Waals surface area contributed by atoms with Crippen LogP contribution >= 0.6 is 0 Å². The molecule has 21 heavy (non-hydrogen) atoms.